The van der Waals surface area contributed by atoms with Crippen molar-refractivity contribution in [2.24, 2.45) is 5.92 Å². The zero-order chi connectivity index (χ0) is 40.0. The molecule has 2 heterocycles. The van der Waals surface area contributed by atoms with Crippen molar-refractivity contribution in [3.05, 3.63) is 235 Å². The minimum atomic E-state index is -2.04. The van der Waals surface area contributed by atoms with E-state index in [-0.39, 0.29) is 5.41 Å². The van der Waals surface area contributed by atoms with Gasteiger partial charge in [-0.05, 0) is 113 Å². The highest BCUT2D eigenvalue weighted by atomic mass is 32.3. The van der Waals surface area contributed by atoms with Crippen molar-refractivity contribution >= 4 is 48.8 Å². The van der Waals surface area contributed by atoms with Crippen molar-refractivity contribution in [1.29, 1.82) is 0 Å². The second-order valence-corrected chi connectivity index (χ2v) is 20.0. The molecule has 1 unspecified atom stereocenters. The Morgan fingerprint density at radius 2 is 0.983 bits per heavy atom. The topological polar surface area (TPSA) is 9.86 Å². The van der Waals surface area contributed by atoms with Crippen LogP contribution in [0.1, 0.15) is 42.1 Å². The van der Waals surface area contributed by atoms with E-state index in [0.29, 0.717) is 11.8 Å². The lowest BCUT2D eigenvalue weighted by Crippen LogP contribution is -2.26. The third-order valence-corrected chi connectivity index (χ3v) is 17.4. The van der Waals surface area contributed by atoms with Gasteiger partial charge in [0.15, 0.2) is 0 Å². The largest absolute Gasteiger partial charge is 0.310 e. The van der Waals surface area contributed by atoms with Gasteiger partial charge in [0.2, 0.25) is 0 Å². The third kappa shape index (κ3) is 4.90. The average Bonchev–Trinajstić information content (AvgIpc) is 3.91. The molecule has 2 aliphatic rings. The molecule has 2 nitrogen and oxygen atoms in total. The molecular weight excluding hydrogens is 745 g/mol. The van der Waals surface area contributed by atoms with E-state index in [0.717, 1.165) is 5.69 Å². The Kier molecular flexibility index (Phi) is 7.83. The van der Waals surface area contributed by atoms with E-state index in [1.165, 1.54) is 80.4 Å². The van der Waals surface area contributed by atoms with E-state index in [2.05, 4.69) is 241 Å². The highest BCUT2D eigenvalue weighted by Gasteiger charge is 2.48. The molecule has 0 spiro atoms. The van der Waals surface area contributed by atoms with Gasteiger partial charge in [-0.1, -0.05) is 147 Å². The van der Waals surface area contributed by atoms with E-state index in [1.807, 2.05) is 0 Å². The molecule has 0 aliphatic heterocycles. The first-order chi connectivity index (χ1) is 29.5. The summed E-state index contributed by atoms with van der Waals surface area (Å²) in [6.07, 6.45) is 4.94. The molecule has 2 aromatic heterocycles. The lowest BCUT2D eigenvalue weighted by Gasteiger charge is -2.42. The van der Waals surface area contributed by atoms with Gasteiger partial charge in [-0.25, -0.2) is 0 Å². The maximum atomic E-state index is 2.55. The molecule has 2 aliphatic carbocycles. The predicted octanol–water partition coefficient (Wildman–Crippen LogP) is 15.1. The molecule has 12 rings (SSSR count). The Bertz CT molecular complexity index is 3260. The minimum Gasteiger partial charge on any atom is -0.310 e. The molecule has 0 radical (unpaired) electrons. The number of hydrogen-bond donors (Lipinski definition) is 0. The minimum absolute atomic E-state index is 0.0419. The summed E-state index contributed by atoms with van der Waals surface area (Å²) in [4.78, 5) is 5.22. The molecule has 0 amide bonds. The fraction of sp³-hybridized carbons (Fsp3) is 0.0877. The van der Waals surface area contributed by atoms with Crippen LogP contribution >= 0.6 is 10.0 Å². The van der Waals surface area contributed by atoms with Crippen LogP contribution in [0.3, 0.4) is 0 Å². The first-order valence-electron chi connectivity index (χ1n) is 21.1. The van der Waals surface area contributed by atoms with Crippen LogP contribution in [-0.4, -0.2) is 9.13 Å². The smallest absolute Gasteiger partial charge is 0.0552 e. The zero-order valence-corrected chi connectivity index (χ0v) is 34.6. The van der Waals surface area contributed by atoms with Crippen LogP contribution in [0.2, 0.25) is 0 Å². The molecule has 0 fully saturated rings. The van der Waals surface area contributed by atoms with Crippen LogP contribution in [-0.2, 0) is 5.41 Å². The Labute approximate surface area is 353 Å². The summed E-state index contributed by atoms with van der Waals surface area (Å²) in [5, 5.41) is 3.86. The number of para-hydroxylation sites is 3. The van der Waals surface area contributed by atoms with Crippen molar-refractivity contribution in [3.63, 3.8) is 0 Å². The maximum absolute atomic E-state index is 2.55. The van der Waals surface area contributed by atoms with Crippen molar-refractivity contribution in [1.82, 2.24) is 9.13 Å². The van der Waals surface area contributed by atoms with Gasteiger partial charge in [0, 0.05) is 53.0 Å². The lowest BCUT2D eigenvalue weighted by molar-refractivity contribution is 0.391. The summed E-state index contributed by atoms with van der Waals surface area (Å²) in [5.41, 5.74) is 11.7. The van der Waals surface area contributed by atoms with E-state index >= 15 is 0 Å². The quantitative estimate of drug-likeness (QED) is 0.159. The van der Waals surface area contributed by atoms with Crippen LogP contribution in [0.4, 0.5) is 0 Å². The van der Waals surface area contributed by atoms with Crippen LogP contribution in [0.25, 0.3) is 50.2 Å². The second kappa shape index (κ2) is 13.4. The number of rotatable bonds is 6. The number of nitrogens with zero attached hydrogens (tertiary/aromatic N) is 2. The molecule has 0 saturated carbocycles. The van der Waals surface area contributed by atoms with E-state index in [4.69, 9.17) is 0 Å². The molecule has 0 N–H and O–H groups in total. The van der Waals surface area contributed by atoms with Crippen molar-refractivity contribution in [2.45, 2.75) is 44.8 Å². The zero-order valence-electron chi connectivity index (χ0n) is 33.7. The van der Waals surface area contributed by atoms with E-state index < -0.39 is 10.0 Å². The first kappa shape index (κ1) is 35.2. The molecule has 8 aromatic carbocycles. The fourth-order valence-corrected chi connectivity index (χ4v) is 14.9. The summed E-state index contributed by atoms with van der Waals surface area (Å²) in [6, 6.07) is 77.2. The van der Waals surface area contributed by atoms with Gasteiger partial charge >= 0.3 is 0 Å². The number of allylic oxidation sites excluding steroid dienone is 1. The molecule has 2 atom stereocenters. The van der Waals surface area contributed by atoms with Gasteiger partial charge in [-0.2, -0.15) is 0 Å². The van der Waals surface area contributed by atoms with Crippen LogP contribution in [0, 0.1) is 5.92 Å². The SMILES string of the molecule is CC1(C)c2ccccc2C2c3c(n(-c4cccc(S(c5ccccc5)(c5ccccc5)c5ccc6c7ccccc7n(-c7ccccc7)c6c5)c4)c4ccccc34)C=C[C@@H]21. The monoisotopic (exact) mass is 788 g/mol. The fourth-order valence-electron chi connectivity index (χ4n) is 11.0. The Balaban J connectivity index is 1.14. The molecule has 288 valence electrons. The Hall–Kier alpha value is -6.81. The normalized spacial score (nSPS) is 16.8. The third-order valence-electron chi connectivity index (χ3n) is 13.5. The van der Waals surface area contributed by atoms with Gasteiger partial charge in [0.05, 0.1) is 22.2 Å². The summed E-state index contributed by atoms with van der Waals surface area (Å²) in [7, 11) is -2.04. The molecule has 0 bridgehead atoms. The summed E-state index contributed by atoms with van der Waals surface area (Å²) in [6.45, 7) is 4.86. The van der Waals surface area contributed by atoms with Crippen LogP contribution in [0.15, 0.2) is 232 Å². The Morgan fingerprint density at radius 1 is 0.433 bits per heavy atom. The Morgan fingerprint density at radius 3 is 1.72 bits per heavy atom. The number of aromatic nitrogens is 2. The predicted molar refractivity (Wildman–Crippen MR) is 251 cm³/mol. The highest BCUT2D eigenvalue weighted by Crippen LogP contribution is 2.74. The lowest BCUT2D eigenvalue weighted by atomic mass is 9.71. The van der Waals surface area contributed by atoms with Crippen molar-refractivity contribution in [3.8, 4) is 11.4 Å². The number of hydrogen-bond acceptors (Lipinski definition) is 0. The van der Waals surface area contributed by atoms with Gasteiger partial charge < -0.3 is 9.13 Å². The number of fused-ring (bicyclic) bond motifs is 10. The van der Waals surface area contributed by atoms with Crippen LogP contribution < -0.4 is 0 Å². The highest BCUT2D eigenvalue weighted by molar-refractivity contribution is 8.34. The van der Waals surface area contributed by atoms with Crippen molar-refractivity contribution < 1.29 is 0 Å². The molecular formula is C57H44N2S. The summed E-state index contributed by atoms with van der Waals surface area (Å²) in [5.74, 6) is 0.689. The van der Waals surface area contributed by atoms with Gasteiger partial charge in [-0.3, -0.25) is 0 Å². The summed E-state index contributed by atoms with van der Waals surface area (Å²) >= 11 is 0. The van der Waals surface area contributed by atoms with E-state index in [1.54, 1.807) is 0 Å². The standard InChI is InChI=1S/C57H44N2S/c1-57(2)49-30-15-12-28-47(49)55-50(57)35-36-53-56(55)48-29-14-17-32-52(48)59(53)40-21-18-26-43(37-40)60(41-22-8-4-9-23-41,42-24-10-5-11-25-42)44-33-34-46-45-27-13-16-31-51(45)58(54(46)38-44)39-19-6-3-7-20-39/h3-38,50,55H,1-2H3/t50-,55?/m0/s1. The number of benzene rings is 8. The average molecular weight is 789 g/mol. The van der Waals surface area contributed by atoms with Gasteiger partial charge in [-0.15, -0.1) is 10.0 Å². The van der Waals surface area contributed by atoms with Gasteiger partial charge in [0.1, 0.15) is 0 Å². The first-order valence-corrected chi connectivity index (χ1v) is 22.7. The van der Waals surface area contributed by atoms with Gasteiger partial charge in [0.25, 0.3) is 0 Å². The van der Waals surface area contributed by atoms with Crippen molar-refractivity contribution in [2.75, 3.05) is 0 Å². The van der Waals surface area contributed by atoms with Crippen LogP contribution in [0.5, 0.6) is 0 Å². The summed E-state index contributed by atoms with van der Waals surface area (Å²) < 4.78 is 5.00. The van der Waals surface area contributed by atoms with E-state index in [9.17, 15) is 0 Å². The maximum Gasteiger partial charge on any atom is 0.0552 e. The second-order valence-electron chi connectivity index (χ2n) is 16.9. The molecule has 0 saturated heterocycles. The molecule has 60 heavy (non-hydrogen) atoms. The molecule has 3 heteroatoms. The molecule has 10 aromatic rings.